The van der Waals surface area contributed by atoms with E-state index < -0.39 is 0 Å². The van der Waals surface area contributed by atoms with Gasteiger partial charge in [-0.3, -0.25) is 0 Å². The van der Waals surface area contributed by atoms with Gasteiger partial charge in [0.25, 0.3) is 0 Å². The Morgan fingerprint density at radius 3 is 2.58 bits per heavy atom. The van der Waals surface area contributed by atoms with Gasteiger partial charge in [0.15, 0.2) is 0 Å². The number of aliphatic hydroxyl groups excluding tert-OH is 1. The molecule has 2 bridgehead atoms. The van der Waals surface area contributed by atoms with Crippen LogP contribution in [0.1, 0.15) is 12.8 Å². The first-order valence-corrected chi connectivity index (χ1v) is 4.62. The Kier molecular flexibility index (Phi) is 2.35. The van der Waals surface area contributed by atoms with Gasteiger partial charge < -0.3 is 14.6 Å². The number of hydrogen-bond donors (Lipinski definition) is 1. The predicted molar refractivity (Wildman–Crippen MR) is 43.8 cm³/mol. The number of fused-ring (bicyclic) bond motifs is 2. The van der Waals surface area contributed by atoms with E-state index in [0.717, 1.165) is 19.4 Å². The molecule has 70 valence electrons. The van der Waals surface area contributed by atoms with E-state index in [1.807, 2.05) is 0 Å². The van der Waals surface area contributed by atoms with Crippen molar-refractivity contribution in [2.24, 2.45) is 11.8 Å². The lowest BCUT2D eigenvalue weighted by Gasteiger charge is -2.25. The van der Waals surface area contributed by atoms with Gasteiger partial charge in [-0.2, -0.15) is 0 Å². The summed E-state index contributed by atoms with van der Waals surface area (Å²) in [5.74, 6) is 0.752. The summed E-state index contributed by atoms with van der Waals surface area (Å²) in [6.45, 7) is 0.974. The molecule has 2 aliphatic rings. The first-order valence-electron chi connectivity index (χ1n) is 4.62. The Hall–Kier alpha value is -0.120. The molecule has 0 aromatic heterocycles. The van der Waals surface area contributed by atoms with Crippen molar-refractivity contribution in [1.29, 1.82) is 0 Å². The summed E-state index contributed by atoms with van der Waals surface area (Å²) in [4.78, 5) is 0. The highest BCUT2D eigenvalue weighted by atomic mass is 16.5. The molecule has 2 saturated heterocycles. The number of methoxy groups -OCH3 is 1. The summed E-state index contributed by atoms with van der Waals surface area (Å²) in [6, 6.07) is 0. The van der Waals surface area contributed by atoms with Crippen LogP contribution in [0, 0.1) is 11.8 Å². The smallest absolute Gasteiger partial charge is 0.0634 e. The zero-order chi connectivity index (χ0) is 8.55. The highest BCUT2D eigenvalue weighted by Crippen LogP contribution is 2.43. The summed E-state index contributed by atoms with van der Waals surface area (Å²) in [7, 11) is 1.71. The minimum atomic E-state index is 0.245. The Morgan fingerprint density at radius 2 is 2.00 bits per heavy atom. The number of rotatable bonds is 3. The Bertz CT molecular complexity index is 160. The second-order valence-corrected chi connectivity index (χ2v) is 3.76. The van der Waals surface area contributed by atoms with E-state index in [1.165, 1.54) is 0 Å². The Balaban J connectivity index is 2.01. The molecular formula is C9H16O3. The fourth-order valence-electron chi connectivity index (χ4n) is 2.55. The van der Waals surface area contributed by atoms with Crippen molar-refractivity contribution < 1.29 is 14.6 Å². The van der Waals surface area contributed by atoms with E-state index >= 15 is 0 Å². The van der Waals surface area contributed by atoms with Crippen molar-refractivity contribution in [3.05, 3.63) is 0 Å². The summed E-state index contributed by atoms with van der Waals surface area (Å²) >= 11 is 0. The largest absolute Gasteiger partial charge is 0.396 e. The second-order valence-electron chi connectivity index (χ2n) is 3.76. The zero-order valence-electron chi connectivity index (χ0n) is 7.40. The van der Waals surface area contributed by atoms with Crippen LogP contribution < -0.4 is 0 Å². The van der Waals surface area contributed by atoms with Gasteiger partial charge >= 0.3 is 0 Å². The van der Waals surface area contributed by atoms with Crippen LogP contribution in [-0.4, -0.2) is 37.6 Å². The van der Waals surface area contributed by atoms with Gasteiger partial charge in [-0.05, 0) is 12.8 Å². The third kappa shape index (κ3) is 1.16. The maximum absolute atomic E-state index is 9.15. The topological polar surface area (TPSA) is 38.7 Å². The molecule has 2 fully saturated rings. The quantitative estimate of drug-likeness (QED) is 0.670. The average molecular weight is 172 g/mol. The number of ether oxygens (including phenoxy) is 2. The van der Waals surface area contributed by atoms with Gasteiger partial charge in [0.1, 0.15) is 0 Å². The summed E-state index contributed by atoms with van der Waals surface area (Å²) in [5.41, 5.74) is 0. The molecule has 0 aromatic rings. The predicted octanol–water partition coefficient (Wildman–Crippen LogP) is 0.419. The molecular weight excluding hydrogens is 156 g/mol. The molecule has 0 amide bonds. The molecule has 4 unspecified atom stereocenters. The van der Waals surface area contributed by atoms with E-state index in [4.69, 9.17) is 14.6 Å². The standard InChI is InChI=1S/C9H16O3/c1-11-5-7-6(4-10)8-2-3-9(7)12-8/h6-10H,2-5H2,1H3. The SMILES string of the molecule is COCC1C2CCC(O2)C1CO. The summed E-state index contributed by atoms with van der Waals surface area (Å²) in [5, 5.41) is 9.15. The molecule has 2 rings (SSSR count). The molecule has 0 saturated carbocycles. The number of aliphatic hydroxyl groups is 1. The monoisotopic (exact) mass is 172 g/mol. The van der Waals surface area contributed by atoms with Gasteiger partial charge in [0, 0.05) is 25.6 Å². The molecule has 2 aliphatic heterocycles. The van der Waals surface area contributed by atoms with Gasteiger partial charge in [-0.15, -0.1) is 0 Å². The highest BCUT2D eigenvalue weighted by Gasteiger charge is 2.48. The first kappa shape index (κ1) is 8.48. The average Bonchev–Trinajstić information content (AvgIpc) is 2.64. The van der Waals surface area contributed by atoms with Crippen LogP contribution in [0.3, 0.4) is 0 Å². The fraction of sp³-hybridized carbons (Fsp3) is 1.00. The molecule has 4 atom stereocenters. The third-order valence-corrected chi connectivity index (χ3v) is 3.16. The molecule has 12 heavy (non-hydrogen) atoms. The minimum absolute atomic E-state index is 0.245. The summed E-state index contributed by atoms with van der Waals surface area (Å²) in [6.07, 6.45) is 2.93. The van der Waals surface area contributed by atoms with Crippen LogP contribution in [0.5, 0.6) is 0 Å². The van der Waals surface area contributed by atoms with E-state index in [0.29, 0.717) is 24.0 Å². The Morgan fingerprint density at radius 1 is 1.33 bits per heavy atom. The summed E-state index contributed by atoms with van der Waals surface area (Å²) < 4.78 is 10.8. The van der Waals surface area contributed by atoms with Crippen molar-refractivity contribution in [2.75, 3.05) is 20.3 Å². The van der Waals surface area contributed by atoms with Crippen molar-refractivity contribution in [3.8, 4) is 0 Å². The molecule has 0 spiro atoms. The van der Waals surface area contributed by atoms with Crippen molar-refractivity contribution in [3.63, 3.8) is 0 Å². The van der Waals surface area contributed by atoms with Crippen LogP contribution in [-0.2, 0) is 9.47 Å². The van der Waals surface area contributed by atoms with Crippen molar-refractivity contribution in [1.82, 2.24) is 0 Å². The van der Waals surface area contributed by atoms with Crippen LogP contribution in [0.15, 0.2) is 0 Å². The van der Waals surface area contributed by atoms with Crippen LogP contribution >= 0.6 is 0 Å². The van der Waals surface area contributed by atoms with Gasteiger partial charge in [-0.1, -0.05) is 0 Å². The maximum Gasteiger partial charge on any atom is 0.0634 e. The minimum Gasteiger partial charge on any atom is -0.396 e. The second kappa shape index (κ2) is 3.32. The van der Waals surface area contributed by atoms with Gasteiger partial charge in [0.2, 0.25) is 0 Å². The molecule has 3 heteroatoms. The maximum atomic E-state index is 9.15. The molecule has 3 nitrogen and oxygen atoms in total. The first-order chi connectivity index (χ1) is 5.86. The molecule has 2 heterocycles. The third-order valence-electron chi connectivity index (χ3n) is 3.16. The van der Waals surface area contributed by atoms with E-state index in [9.17, 15) is 0 Å². The van der Waals surface area contributed by atoms with Crippen LogP contribution in [0.25, 0.3) is 0 Å². The fourth-order valence-corrected chi connectivity index (χ4v) is 2.55. The van der Waals surface area contributed by atoms with Crippen LogP contribution in [0.4, 0.5) is 0 Å². The highest BCUT2D eigenvalue weighted by molar-refractivity contribution is 4.95. The number of hydrogen-bond acceptors (Lipinski definition) is 3. The van der Waals surface area contributed by atoms with E-state index in [-0.39, 0.29) is 6.61 Å². The lowest BCUT2D eigenvalue weighted by molar-refractivity contribution is 0.0681. The Labute approximate surface area is 72.7 Å². The lowest BCUT2D eigenvalue weighted by Crippen LogP contribution is -2.32. The molecule has 0 aliphatic carbocycles. The van der Waals surface area contributed by atoms with E-state index in [1.54, 1.807) is 7.11 Å². The normalized spacial score (nSPS) is 45.5. The molecule has 1 N–H and O–H groups in total. The van der Waals surface area contributed by atoms with Crippen molar-refractivity contribution in [2.45, 2.75) is 25.0 Å². The molecule has 0 radical (unpaired) electrons. The van der Waals surface area contributed by atoms with Crippen molar-refractivity contribution >= 4 is 0 Å². The van der Waals surface area contributed by atoms with Gasteiger partial charge in [0.05, 0.1) is 18.8 Å². The van der Waals surface area contributed by atoms with Gasteiger partial charge in [-0.25, -0.2) is 0 Å². The van der Waals surface area contributed by atoms with E-state index in [2.05, 4.69) is 0 Å². The van der Waals surface area contributed by atoms with Crippen LogP contribution in [0.2, 0.25) is 0 Å². The lowest BCUT2D eigenvalue weighted by atomic mass is 9.80. The molecule has 0 aromatic carbocycles. The zero-order valence-corrected chi connectivity index (χ0v) is 7.40.